The first-order valence-corrected chi connectivity index (χ1v) is 9.22. The van der Waals surface area contributed by atoms with Crippen molar-refractivity contribution in [3.8, 4) is 0 Å². The molecule has 6 nitrogen and oxygen atoms in total. The molecule has 1 aromatic carbocycles. The third-order valence-corrected chi connectivity index (χ3v) is 5.46. The highest BCUT2D eigenvalue weighted by atomic mass is 16.2. The Kier molecular flexibility index (Phi) is 4.26. The van der Waals surface area contributed by atoms with E-state index < -0.39 is 0 Å². The molecule has 2 aliphatic rings. The van der Waals surface area contributed by atoms with Gasteiger partial charge < -0.3 is 9.80 Å². The summed E-state index contributed by atoms with van der Waals surface area (Å²) in [7, 11) is 1.79. The van der Waals surface area contributed by atoms with E-state index >= 15 is 0 Å². The standard InChI is InChI=1S/C20H24N4O2/c1-14-11-21-24(12-14)17-4-3-9-23(13-17)20(26)16-5-7-18-15(10-16)6-8-19(25)22(18)2/h5,7,10-12,17H,3-4,6,8-9,13H2,1-2H3. The lowest BCUT2D eigenvalue weighted by molar-refractivity contribution is -0.118. The summed E-state index contributed by atoms with van der Waals surface area (Å²) in [5.74, 6) is 0.200. The molecule has 3 heterocycles. The van der Waals surface area contributed by atoms with Crippen LogP contribution in [0.15, 0.2) is 30.6 Å². The summed E-state index contributed by atoms with van der Waals surface area (Å²) in [5.41, 5.74) is 3.85. The fourth-order valence-corrected chi connectivity index (χ4v) is 3.96. The van der Waals surface area contributed by atoms with E-state index in [2.05, 4.69) is 5.10 Å². The summed E-state index contributed by atoms with van der Waals surface area (Å²) in [6.45, 7) is 3.50. The largest absolute Gasteiger partial charge is 0.337 e. The maximum atomic E-state index is 13.0. The molecule has 0 N–H and O–H groups in total. The average Bonchev–Trinajstić information content (AvgIpc) is 3.10. The lowest BCUT2D eigenvalue weighted by Crippen LogP contribution is -2.41. The van der Waals surface area contributed by atoms with Crippen molar-refractivity contribution in [2.45, 2.75) is 38.6 Å². The van der Waals surface area contributed by atoms with Crippen molar-refractivity contribution in [1.82, 2.24) is 14.7 Å². The molecule has 2 amide bonds. The molecule has 26 heavy (non-hydrogen) atoms. The molecule has 1 saturated heterocycles. The van der Waals surface area contributed by atoms with Crippen molar-refractivity contribution in [2.75, 3.05) is 25.0 Å². The normalized spacial score (nSPS) is 20.2. The van der Waals surface area contributed by atoms with Crippen LogP contribution >= 0.6 is 0 Å². The van der Waals surface area contributed by atoms with Crippen LogP contribution in [0, 0.1) is 6.92 Å². The summed E-state index contributed by atoms with van der Waals surface area (Å²) in [6, 6.07) is 5.95. The Morgan fingerprint density at radius 3 is 2.88 bits per heavy atom. The zero-order valence-corrected chi connectivity index (χ0v) is 15.3. The Balaban J connectivity index is 1.53. The number of nitrogens with zero attached hydrogens (tertiary/aromatic N) is 4. The number of aromatic nitrogens is 2. The van der Waals surface area contributed by atoms with Crippen LogP contribution in [0.25, 0.3) is 0 Å². The lowest BCUT2D eigenvalue weighted by atomic mass is 9.98. The smallest absolute Gasteiger partial charge is 0.253 e. The van der Waals surface area contributed by atoms with E-state index in [1.54, 1.807) is 11.9 Å². The number of amides is 2. The topological polar surface area (TPSA) is 58.4 Å². The van der Waals surface area contributed by atoms with Crippen LogP contribution in [0.2, 0.25) is 0 Å². The first kappa shape index (κ1) is 16.8. The quantitative estimate of drug-likeness (QED) is 0.835. The summed E-state index contributed by atoms with van der Waals surface area (Å²) < 4.78 is 1.99. The summed E-state index contributed by atoms with van der Waals surface area (Å²) in [4.78, 5) is 28.5. The molecule has 0 aliphatic carbocycles. The van der Waals surface area contributed by atoms with Gasteiger partial charge >= 0.3 is 0 Å². The van der Waals surface area contributed by atoms with Gasteiger partial charge in [-0.2, -0.15) is 5.10 Å². The fourth-order valence-electron chi connectivity index (χ4n) is 3.96. The predicted molar refractivity (Wildman–Crippen MR) is 99.3 cm³/mol. The van der Waals surface area contributed by atoms with Gasteiger partial charge in [-0.15, -0.1) is 0 Å². The molecule has 1 aromatic heterocycles. The van der Waals surface area contributed by atoms with Crippen LogP contribution in [0.5, 0.6) is 0 Å². The number of hydrogen-bond donors (Lipinski definition) is 0. The van der Waals surface area contributed by atoms with Crippen LogP contribution in [-0.4, -0.2) is 46.6 Å². The summed E-state index contributed by atoms with van der Waals surface area (Å²) >= 11 is 0. The van der Waals surface area contributed by atoms with Gasteiger partial charge in [0.15, 0.2) is 0 Å². The lowest BCUT2D eigenvalue weighted by Gasteiger charge is -2.33. The van der Waals surface area contributed by atoms with Gasteiger partial charge in [0.05, 0.1) is 12.2 Å². The van der Waals surface area contributed by atoms with Gasteiger partial charge in [0.2, 0.25) is 5.91 Å². The SMILES string of the molecule is Cc1cnn(C2CCCN(C(=O)c3ccc4c(c3)CCC(=O)N4C)C2)c1. The maximum absolute atomic E-state index is 13.0. The molecule has 136 valence electrons. The van der Waals surface area contributed by atoms with Gasteiger partial charge in [0.1, 0.15) is 0 Å². The molecule has 2 aliphatic heterocycles. The summed E-state index contributed by atoms with van der Waals surface area (Å²) in [5, 5.41) is 4.42. The second-order valence-electron chi connectivity index (χ2n) is 7.34. The Bertz CT molecular complexity index is 857. The highest BCUT2D eigenvalue weighted by Crippen LogP contribution is 2.29. The Morgan fingerprint density at radius 1 is 1.27 bits per heavy atom. The monoisotopic (exact) mass is 352 g/mol. The van der Waals surface area contributed by atoms with Crippen molar-refractivity contribution in [2.24, 2.45) is 0 Å². The van der Waals surface area contributed by atoms with E-state index in [1.807, 2.05) is 47.1 Å². The van der Waals surface area contributed by atoms with Crippen LogP contribution in [-0.2, 0) is 11.2 Å². The number of benzene rings is 1. The first-order valence-electron chi connectivity index (χ1n) is 9.22. The van der Waals surface area contributed by atoms with Crippen molar-refractivity contribution in [1.29, 1.82) is 0 Å². The Hall–Kier alpha value is -2.63. The minimum absolute atomic E-state index is 0.0703. The summed E-state index contributed by atoms with van der Waals surface area (Å²) in [6.07, 6.45) is 7.15. The van der Waals surface area contributed by atoms with Crippen LogP contribution in [0.3, 0.4) is 0 Å². The van der Waals surface area contributed by atoms with Gasteiger partial charge in [-0.3, -0.25) is 14.3 Å². The molecule has 1 atom stereocenters. The van der Waals surface area contributed by atoms with Crippen molar-refractivity contribution in [3.63, 3.8) is 0 Å². The Labute approximate surface area is 153 Å². The van der Waals surface area contributed by atoms with Gasteiger partial charge in [-0.05, 0) is 55.5 Å². The molecule has 2 aromatic rings. The number of rotatable bonds is 2. The van der Waals surface area contributed by atoms with Gasteiger partial charge in [0, 0.05) is 44.0 Å². The molecule has 0 spiro atoms. The van der Waals surface area contributed by atoms with E-state index in [-0.39, 0.29) is 17.9 Å². The molecule has 0 bridgehead atoms. The highest BCUT2D eigenvalue weighted by Gasteiger charge is 2.27. The molecule has 0 saturated carbocycles. The predicted octanol–water partition coefficient (Wildman–Crippen LogP) is 2.58. The number of fused-ring (bicyclic) bond motifs is 1. The zero-order chi connectivity index (χ0) is 18.3. The first-order chi connectivity index (χ1) is 12.5. The molecule has 6 heteroatoms. The van der Waals surface area contributed by atoms with Gasteiger partial charge in [-0.25, -0.2) is 0 Å². The maximum Gasteiger partial charge on any atom is 0.253 e. The number of carbonyl (C=O) groups is 2. The third kappa shape index (κ3) is 3.00. The van der Waals surface area contributed by atoms with Crippen LogP contribution in [0.4, 0.5) is 5.69 Å². The number of aryl methyl sites for hydroxylation is 2. The minimum Gasteiger partial charge on any atom is -0.337 e. The van der Waals surface area contributed by atoms with E-state index in [1.165, 1.54) is 0 Å². The molecule has 1 fully saturated rings. The second kappa shape index (κ2) is 6.59. The fraction of sp³-hybridized carbons (Fsp3) is 0.450. The van der Waals surface area contributed by atoms with E-state index in [4.69, 9.17) is 0 Å². The molecule has 4 rings (SSSR count). The van der Waals surface area contributed by atoms with Crippen LogP contribution in [0.1, 0.15) is 46.8 Å². The molecule has 1 unspecified atom stereocenters. The van der Waals surface area contributed by atoms with Gasteiger partial charge in [-0.1, -0.05) is 0 Å². The second-order valence-corrected chi connectivity index (χ2v) is 7.34. The average molecular weight is 352 g/mol. The number of anilines is 1. The number of likely N-dealkylation sites (tertiary alicyclic amines) is 1. The van der Waals surface area contributed by atoms with E-state index in [9.17, 15) is 9.59 Å². The van der Waals surface area contributed by atoms with Crippen molar-refractivity contribution < 1.29 is 9.59 Å². The Morgan fingerprint density at radius 2 is 2.12 bits per heavy atom. The third-order valence-electron chi connectivity index (χ3n) is 5.46. The zero-order valence-electron chi connectivity index (χ0n) is 15.3. The number of hydrogen-bond acceptors (Lipinski definition) is 3. The van der Waals surface area contributed by atoms with Crippen molar-refractivity contribution >= 4 is 17.5 Å². The number of carbonyl (C=O) groups excluding carboxylic acids is 2. The van der Waals surface area contributed by atoms with E-state index in [0.29, 0.717) is 24.9 Å². The van der Waals surface area contributed by atoms with Crippen molar-refractivity contribution in [3.05, 3.63) is 47.3 Å². The molecular formula is C20H24N4O2. The van der Waals surface area contributed by atoms with Gasteiger partial charge in [0.25, 0.3) is 5.91 Å². The van der Waals surface area contributed by atoms with E-state index in [0.717, 1.165) is 36.2 Å². The minimum atomic E-state index is 0.0703. The molecular weight excluding hydrogens is 328 g/mol. The highest BCUT2D eigenvalue weighted by molar-refractivity contribution is 5.99. The van der Waals surface area contributed by atoms with Crippen LogP contribution < -0.4 is 4.90 Å². The molecule has 0 radical (unpaired) electrons. The number of piperidine rings is 1.